The molecule has 0 radical (unpaired) electrons. The van der Waals surface area contributed by atoms with Crippen molar-refractivity contribution >= 4 is 17.5 Å². The number of amides is 1. The van der Waals surface area contributed by atoms with Crippen LogP contribution in [0.15, 0.2) is 24.5 Å². The third-order valence-electron chi connectivity index (χ3n) is 3.03. The van der Waals surface area contributed by atoms with Crippen molar-refractivity contribution in [1.82, 2.24) is 20.1 Å². The summed E-state index contributed by atoms with van der Waals surface area (Å²) in [5.74, 6) is 0.293. The summed E-state index contributed by atoms with van der Waals surface area (Å²) in [6.45, 7) is 4.41. The first-order valence-corrected chi connectivity index (χ1v) is 7.09. The van der Waals surface area contributed by atoms with Gasteiger partial charge in [0.1, 0.15) is 23.7 Å². The molecule has 0 saturated carbocycles. The molecule has 0 fully saturated rings. The molecule has 1 atom stereocenters. The highest BCUT2D eigenvalue weighted by Gasteiger charge is 2.16. The highest BCUT2D eigenvalue weighted by atomic mass is 35.5. The quantitative estimate of drug-likeness (QED) is 0.881. The number of benzene rings is 1. The number of hydrogen-bond donors (Lipinski definition) is 1. The third-order valence-corrected chi connectivity index (χ3v) is 3.32. The fraction of sp³-hybridized carbons (Fsp3) is 0.357. The maximum absolute atomic E-state index is 12.9. The molecule has 2 rings (SSSR count). The van der Waals surface area contributed by atoms with E-state index in [0.717, 1.165) is 11.9 Å². The fourth-order valence-corrected chi connectivity index (χ4v) is 2.00. The Labute approximate surface area is 132 Å². The van der Waals surface area contributed by atoms with Gasteiger partial charge < -0.3 is 14.6 Å². The van der Waals surface area contributed by atoms with Gasteiger partial charge in [0, 0.05) is 13.1 Å². The lowest BCUT2D eigenvalue weighted by atomic mass is 10.3. The van der Waals surface area contributed by atoms with Gasteiger partial charge in [-0.05, 0) is 32.0 Å². The van der Waals surface area contributed by atoms with Gasteiger partial charge in [-0.25, -0.2) is 4.39 Å². The average molecular weight is 327 g/mol. The summed E-state index contributed by atoms with van der Waals surface area (Å²) >= 11 is 5.85. The molecule has 1 N–H and O–H groups in total. The molecule has 0 bridgehead atoms. The van der Waals surface area contributed by atoms with Gasteiger partial charge in [-0.1, -0.05) is 11.6 Å². The molecule has 1 aromatic carbocycles. The first-order valence-electron chi connectivity index (χ1n) is 6.71. The Hall–Kier alpha value is -2.15. The third kappa shape index (κ3) is 4.17. The molecule has 118 valence electrons. The number of hydrogen-bond acceptors (Lipinski definition) is 4. The van der Waals surface area contributed by atoms with Crippen LogP contribution >= 0.6 is 11.6 Å². The zero-order valence-electron chi connectivity index (χ0n) is 12.2. The van der Waals surface area contributed by atoms with E-state index >= 15 is 0 Å². The summed E-state index contributed by atoms with van der Waals surface area (Å²) in [5, 5.41) is 10.5. The van der Waals surface area contributed by atoms with Gasteiger partial charge in [0.05, 0.1) is 5.02 Å². The lowest BCUT2D eigenvalue weighted by Crippen LogP contribution is -2.38. The molecule has 0 unspecified atom stereocenters. The van der Waals surface area contributed by atoms with Gasteiger partial charge in [-0.3, -0.25) is 4.79 Å². The van der Waals surface area contributed by atoms with Crippen molar-refractivity contribution in [3.05, 3.63) is 41.2 Å². The van der Waals surface area contributed by atoms with Crippen LogP contribution in [-0.4, -0.2) is 33.3 Å². The molecule has 0 spiro atoms. The van der Waals surface area contributed by atoms with E-state index < -0.39 is 11.9 Å². The molecule has 6 nitrogen and oxygen atoms in total. The van der Waals surface area contributed by atoms with Gasteiger partial charge >= 0.3 is 0 Å². The Morgan fingerprint density at radius 1 is 1.55 bits per heavy atom. The van der Waals surface area contributed by atoms with E-state index in [9.17, 15) is 9.18 Å². The van der Waals surface area contributed by atoms with E-state index in [1.807, 2.05) is 11.5 Å². The molecule has 1 amide bonds. The van der Waals surface area contributed by atoms with Crippen LogP contribution in [0.4, 0.5) is 4.39 Å². The number of nitrogens with zero attached hydrogens (tertiary/aromatic N) is 3. The normalized spacial score (nSPS) is 12.0. The molecule has 8 heteroatoms. The average Bonchev–Trinajstić information content (AvgIpc) is 2.87. The van der Waals surface area contributed by atoms with Gasteiger partial charge in [0.15, 0.2) is 6.10 Å². The van der Waals surface area contributed by atoms with E-state index in [2.05, 4.69) is 15.5 Å². The van der Waals surface area contributed by atoms with Crippen molar-refractivity contribution in [2.45, 2.75) is 26.5 Å². The molecular formula is C14H16ClFN4O2. The maximum Gasteiger partial charge on any atom is 0.260 e. The van der Waals surface area contributed by atoms with Crippen LogP contribution in [0.25, 0.3) is 0 Å². The lowest BCUT2D eigenvalue weighted by Gasteiger charge is -2.15. The maximum atomic E-state index is 12.9. The molecule has 0 saturated heterocycles. The predicted molar refractivity (Wildman–Crippen MR) is 79.3 cm³/mol. The number of halogens is 2. The Kier molecular flexibility index (Phi) is 5.32. The van der Waals surface area contributed by atoms with Crippen LogP contribution in [0, 0.1) is 12.7 Å². The van der Waals surface area contributed by atoms with Crippen molar-refractivity contribution in [3.8, 4) is 5.75 Å². The Morgan fingerprint density at radius 3 is 2.95 bits per heavy atom. The van der Waals surface area contributed by atoms with Crippen LogP contribution in [0.3, 0.4) is 0 Å². The van der Waals surface area contributed by atoms with Crippen molar-refractivity contribution in [2.75, 3.05) is 6.54 Å². The molecule has 0 aliphatic rings. The fourth-order valence-electron chi connectivity index (χ4n) is 1.79. The SMILES string of the molecule is Cc1nncn1CCNC(=O)[C@H](C)Oc1ccc(F)cc1Cl. The van der Waals surface area contributed by atoms with Crippen molar-refractivity contribution < 1.29 is 13.9 Å². The second kappa shape index (κ2) is 7.22. The van der Waals surface area contributed by atoms with Crippen molar-refractivity contribution in [2.24, 2.45) is 0 Å². The Balaban J connectivity index is 1.83. The van der Waals surface area contributed by atoms with E-state index in [1.165, 1.54) is 12.1 Å². The summed E-state index contributed by atoms with van der Waals surface area (Å²) in [4.78, 5) is 11.9. The summed E-state index contributed by atoms with van der Waals surface area (Å²) < 4.78 is 20.2. The van der Waals surface area contributed by atoms with Crippen molar-refractivity contribution in [3.63, 3.8) is 0 Å². The van der Waals surface area contributed by atoms with E-state index in [4.69, 9.17) is 16.3 Å². The van der Waals surface area contributed by atoms with E-state index in [1.54, 1.807) is 13.3 Å². The molecule has 2 aromatic rings. The zero-order valence-corrected chi connectivity index (χ0v) is 13.0. The van der Waals surface area contributed by atoms with Crippen LogP contribution in [0.2, 0.25) is 5.02 Å². The van der Waals surface area contributed by atoms with Crippen LogP contribution in [0.1, 0.15) is 12.7 Å². The summed E-state index contributed by atoms with van der Waals surface area (Å²) in [6.07, 6.45) is 0.852. The topological polar surface area (TPSA) is 69.0 Å². The van der Waals surface area contributed by atoms with Gasteiger partial charge in [-0.2, -0.15) is 0 Å². The number of ether oxygens (including phenoxy) is 1. The highest BCUT2D eigenvalue weighted by molar-refractivity contribution is 6.32. The second-order valence-electron chi connectivity index (χ2n) is 4.70. The second-order valence-corrected chi connectivity index (χ2v) is 5.10. The smallest absolute Gasteiger partial charge is 0.260 e. The molecule has 0 aliphatic carbocycles. The molecular weight excluding hydrogens is 311 g/mol. The zero-order chi connectivity index (χ0) is 16.1. The Bertz CT molecular complexity index is 662. The van der Waals surface area contributed by atoms with Crippen molar-refractivity contribution in [1.29, 1.82) is 0 Å². The summed E-state index contributed by atoms with van der Waals surface area (Å²) in [5.41, 5.74) is 0. The number of aromatic nitrogens is 3. The summed E-state index contributed by atoms with van der Waals surface area (Å²) in [7, 11) is 0. The minimum atomic E-state index is -0.745. The first-order chi connectivity index (χ1) is 10.5. The number of carbonyl (C=O) groups excluding carboxylic acids is 1. The van der Waals surface area contributed by atoms with Crippen LogP contribution in [0.5, 0.6) is 5.75 Å². The first kappa shape index (κ1) is 16.2. The number of nitrogens with one attached hydrogen (secondary N) is 1. The standard InChI is InChI=1S/C14H16ClFN4O2/c1-9(22-13-4-3-11(16)7-12(13)15)14(21)17-5-6-20-8-18-19-10(20)2/h3-4,7-9H,5-6H2,1-2H3,(H,17,21)/t9-/m0/s1. The number of aryl methyl sites for hydroxylation is 1. The van der Waals surface area contributed by atoms with Gasteiger partial charge in [0.25, 0.3) is 5.91 Å². The largest absolute Gasteiger partial charge is 0.479 e. The van der Waals surface area contributed by atoms with E-state index in [-0.39, 0.29) is 16.7 Å². The van der Waals surface area contributed by atoms with Gasteiger partial charge in [0.2, 0.25) is 0 Å². The number of rotatable bonds is 6. The lowest BCUT2D eigenvalue weighted by molar-refractivity contribution is -0.127. The predicted octanol–water partition coefficient (Wildman–Crippen LogP) is 1.96. The molecule has 22 heavy (non-hydrogen) atoms. The molecule has 1 heterocycles. The monoisotopic (exact) mass is 326 g/mol. The van der Waals surface area contributed by atoms with Crippen LogP contribution in [-0.2, 0) is 11.3 Å². The van der Waals surface area contributed by atoms with Crippen LogP contribution < -0.4 is 10.1 Å². The minimum Gasteiger partial charge on any atom is -0.479 e. The molecule has 1 aromatic heterocycles. The molecule has 0 aliphatic heterocycles. The minimum absolute atomic E-state index is 0.125. The highest BCUT2D eigenvalue weighted by Crippen LogP contribution is 2.25. The van der Waals surface area contributed by atoms with Gasteiger partial charge in [-0.15, -0.1) is 10.2 Å². The number of carbonyl (C=O) groups is 1. The Morgan fingerprint density at radius 2 is 2.32 bits per heavy atom. The summed E-state index contributed by atoms with van der Waals surface area (Å²) in [6, 6.07) is 3.75. The van der Waals surface area contributed by atoms with E-state index in [0.29, 0.717) is 13.1 Å².